The molecule has 8 heteroatoms. The highest BCUT2D eigenvalue weighted by Crippen LogP contribution is 2.05. The molecule has 0 aliphatic carbocycles. The Kier molecular flexibility index (Phi) is 8.25. The minimum absolute atomic E-state index is 0.00836. The van der Waals surface area contributed by atoms with Gasteiger partial charge in [-0.25, -0.2) is 4.79 Å². The highest BCUT2D eigenvalue weighted by atomic mass is 16.5. The van der Waals surface area contributed by atoms with Gasteiger partial charge >= 0.3 is 6.09 Å². The van der Waals surface area contributed by atoms with Gasteiger partial charge in [0.25, 0.3) is 0 Å². The maximum Gasteiger partial charge on any atom is 0.408 e. The van der Waals surface area contributed by atoms with Crippen molar-refractivity contribution in [1.29, 1.82) is 0 Å². The van der Waals surface area contributed by atoms with Crippen molar-refractivity contribution >= 4 is 17.9 Å². The molecule has 1 atom stereocenters. The van der Waals surface area contributed by atoms with E-state index in [1.165, 1.54) is 0 Å². The minimum atomic E-state index is -0.668. The van der Waals surface area contributed by atoms with Gasteiger partial charge < -0.3 is 20.3 Å². The van der Waals surface area contributed by atoms with E-state index in [4.69, 9.17) is 4.74 Å². The molecule has 0 spiro atoms. The van der Waals surface area contributed by atoms with E-state index in [1.807, 2.05) is 49.1 Å². The van der Waals surface area contributed by atoms with Crippen LogP contribution < -0.4 is 10.6 Å². The molecule has 2 rings (SSSR count). The van der Waals surface area contributed by atoms with Crippen LogP contribution in [0.4, 0.5) is 4.79 Å². The topological polar surface area (TPSA) is 91.0 Å². The molecule has 1 aliphatic heterocycles. The predicted molar refractivity (Wildman–Crippen MR) is 106 cm³/mol. The van der Waals surface area contributed by atoms with Crippen molar-refractivity contribution in [3.8, 4) is 0 Å². The number of carbonyl (C=O) groups is 3. The number of rotatable bonds is 7. The third-order valence-electron chi connectivity index (χ3n) is 4.42. The summed E-state index contributed by atoms with van der Waals surface area (Å²) >= 11 is 0. The molecule has 28 heavy (non-hydrogen) atoms. The van der Waals surface area contributed by atoms with Gasteiger partial charge in [0.2, 0.25) is 11.8 Å². The van der Waals surface area contributed by atoms with Crippen molar-refractivity contribution in [2.24, 2.45) is 0 Å². The molecule has 8 nitrogen and oxygen atoms in total. The highest BCUT2D eigenvalue weighted by Gasteiger charge is 2.26. The van der Waals surface area contributed by atoms with Crippen LogP contribution in [0.5, 0.6) is 0 Å². The zero-order chi connectivity index (χ0) is 20.5. The molecule has 0 saturated carbocycles. The maximum absolute atomic E-state index is 12.5. The Hall–Kier alpha value is -2.61. The lowest BCUT2D eigenvalue weighted by Gasteiger charge is -2.35. The van der Waals surface area contributed by atoms with Crippen LogP contribution >= 0.6 is 0 Å². The summed E-state index contributed by atoms with van der Waals surface area (Å²) in [6.45, 7) is 8.29. The van der Waals surface area contributed by atoms with Crippen molar-refractivity contribution in [3.05, 3.63) is 35.9 Å². The fraction of sp³-hybridized carbons (Fsp3) is 0.550. The lowest BCUT2D eigenvalue weighted by molar-refractivity contribution is -0.135. The molecule has 1 aliphatic rings. The van der Waals surface area contributed by atoms with Gasteiger partial charge in [-0.15, -0.1) is 0 Å². The number of ether oxygens (including phenoxy) is 1. The van der Waals surface area contributed by atoms with E-state index in [1.54, 1.807) is 11.8 Å². The number of hydrogen-bond donors (Lipinski definition) is 2. The fourth-order valence-electron chi connectivity index (χ4n) is 2.97. The van der Waals surface area contributed by atoms with Gasteiger partial charge in [0.1, 0.15) is 12.6 Å². The monoisotopic (exact) mass is 390 g/mol. The summed E-state index contributed by atoms with van der Waals surface area (Å²) in [5.74, 6) is -0.158. The first kappa shape index (κ1) is 21.7. The summed E-state index contributed by atoms with van der Waals surface area (Å²) in [5.41, 5.74) is 0.884. The van der Waals surface area contributed by atoms with Crippen LogP contribution in [0, 0.1) is 0 Å². The number of amides is 3. The molecular formula is C20H30N4O4. The Morgan fingerprint density at radius 3 is 2.25 bits per heavy atom. The number of carbonyl (C=O) groups excluding carboxylic acids is 3. The van der Waals surface area contributed by atoms with E-state index >= 15 is 0 Å². The Labute approximate surface area is 166 Å². The zero-order valence-corrected chi connectivity index (χ0v) is 16.8. The number of benzene rings is 1. The Morgan fingerprint density at radius 1 is 1.00 bits per heavy atom. The summed E-state index contributed by atoms with van der Waals surface area (Å²) < 4.78 is 5.16. The van der Waals surface area contributed by atoms with Crippen molar-refractivity contribution in [1.82, 2.24) is 20.4 Å². The molecule has 1 saturated heterocycles. The second-order valence-corrected chi connectivity index (χ2v) is 7.25. The van der Waals surface area contributed by atoms with Crippen LogP contribution in [0.15, 0.2) is 30.3 Å². The van der Waals surface area contributed by atoms with Gasteiger partial charge in [-0.1, -0.05) is 30.3 Å². The SMILES string of the molecule is CC(C)NC(=O)CN1CCN(C(=O)[C@H](C)NC(=O)OCc2ccccc2)CC1. The molecular weight excluding hydrogens is 360 g/mol. The van der Waals surface area contributed by atoms with Crippen LogP contribution in [0.25, 0.3) is 0 Å². The first-order valence-corrected chi connectivity index (χ1v) is 9.63. The zero-order valence-electron chi connectivity index (χ0n) is 16.8. The molecule has 0 aromatic heterocycles. The average Bonchev–Trinajstić information content (AvgIpc) is 2.66. The normalized spacial score (nSPS) is 15.8. The summed E-state index contributed by atoms with van der Waals surface area (Å²) in [6.07, 6.45) is -0.617. The van der Waals surface area contributed by atoms with Crippen LogP contribution in [-0.2, 0) is 20.9 Å². The third kappa shape index (κ3) is 7.19. The van der Waals surface area contributed by atoms with E-state index in [9.17, 15) is 14.4 Å². The predicted octanol–water partition coefficient (Wildman–Crippen LogP) is 0.970. The fourth-order valence-corrected chi connectivity index (χ4v) is 2.97. The first-order chi connectivity index (χ1) is 13.3. The average molecular weight is 390 g/mol. The molecule has 0 bridgehead atoms. The second-order valence-electron chi connectivity index (χ2n) is 7.25. The largest absolute Gasteiger partial charge is 0.445 e. The molecule has 1 aromatic carbocycles. The molecule has 1 fully saturated rings. The number of nitrogens with zero attached hydrogens (tertiary/aromatic N) is 2. The van der Waals surface area contributed by atoms with E-state index in [0.717, 1.165) is 5.56 Å². The number of hydrogen-bond acceptors (Lipinski definition) is 5. The van der Waals surface area contributed by atoms with Gasteiger partial charge in [-0.2, -0.15) is 0 Å². The summed E-state index contributed by atoms with van der Waals surface area (Å²) in [6, 6.07) is 8.80. The van der Waals surface area contributed by atoms with Gasteiger partial charge in [-0.05, 0) is 26.3 Å². The molecule has 3 amide bonds. The van der Waals surface area contributed by atoms with Crippen LogP contribution in [0.2, 0.25) is 0 Å². The van der Waals surface area contributed by atoms with Gasteiger partial charge in [0, 0.05) is 32.2 Å². The summed E-state index contributed by atoms with van der Waals surface area (Å²) in [5, 5.41) is 5.45. The van der Waals surface area contributed by atoms with Gasteiger partial charge in [0.05, 0.1) is 6.54 Å². The third-order valence-corrected chi connectivity index (χ3v) is 4.42. The van der Waals surface area contributed by atoms with E-state index in [2.05, 4.69) is 10.6 Å². The lowest BCUT2D eigenvalue weighted by atomic mass is 10.2. The second kappa shape index (κ2) is 10.7. The van der Waals surface area contributed by atoms with Crippen molar-refractivity contribution < 1.29 is 19.1 Å². The van der Waals surface area contributed by atoms with Gasteiger partial charge in [-0.3, -0.25) is 14.5 Å². The molecule has 1 heterocycles. The Balaban J connectivity index is 1.70. The first-order valence-electron chi connectivity index (χ1n) is 9.63. The van der Waals surface area contributed by atoms with Crippen molar-refractivity contribution in [3.63, 3.8) is 0 Å². The molecule has 1 aromatic rings. The quantitative estimate of drug-likeness (QED) is 0.724. The smallest absolute Gasteiger partial charge is 0.408 e. The highest BCUT2D eigenvalue weighted by molar-refractivity contribution is 5.85. The number of nitrogens with one attached hydrogen (secondary N) is 2. The van der Waals surface area contributed by atoms with Crippen molar-refractivity contribution in [2.45, 2.75) is 39.5 Å². The van der Waals surface area contributed by atoms with Crippen LogP contribution in [0.1, 0.15) is 26.3 Å². The van der Waals surface area contributed by atoms with E-state index in [-0.39, 0.29) is 24.5 Å². The number of alkyl carbamates (subject to hydrolysis) is 1. The Morgan fingerprint density at radius 2 is 1.64 bits per heavy atom. The van der Waals surface area contributed by atoms with Crippen molar-refractivity contribution in [2.75, 3.05) is 32.7 Å². The maximum atomic E-state index is 12.5. The minimum Gasteiger partial charge on any atom is -0.445 e. The summed E-state index contributed by atoms with van der Waals surface area (Å²) in [7, 11) is 0. The molecule has 0 unspecified atom stereocenters. The number of piperazine rings is 1. The van der Waals surface area contributed by atoms with E-state index < -0.39 is 12.1 Å². The Bertz CT molecular complexity index is 657. The van der Waals surface area contributed by atoms with Gasteiger partial charge in [0.15, 0.2) is 0 Å². The summed E-state index contributed by atoms with van der Waals surface area (Å²) in [4.78, 5) is 40.0. The molecule has 2 N–H and O–H groups in total. The molecule has 154 valence electrons. The van der Waals surface area contributed by atoms with Crippen LogP contribution in [0.3, 0.4) is 0 Å². The molecule has 0 radical (unpaired) electrons. The standard InChI is InChI=1S/C20H30N4O4/c1-15(2)21-18(25)13-23-9-11-24(12-10-23)19(26)16(3)22-20(27)28-14-17-7-5-4-6-8-17/h4-8,15-16H,9-14H2,1-3H3,(H,21,25)(H,22,27)/t16-/m0/s1. The lowest BCUT2D eigenvalue weighted by Crippen LogP contribution is -2.55. The van der Waals surface area contributed by atoms with E-state index in [0.29, 0.717) is 32.7 Å². The van der Waals surface area contributed by atoms with Crippen LogP contribution in [-0.4, -0.2) is 72.5 Å².